The molecular weight excluding hydrogens is 534 g/mol. The van der Waals surface area contributed by atoms with Crippen molar-refractivity contribution in [2.24, 2.45) is 0 Å². The van der Waals surface area contributed by atoms with Gasteiger partial charge in [-0.15, -0.1) is 0 Å². The van der Waals surface area contributed by atoms with Crippen LogP contribution in [0.3, 0.4) is 0 Å². The van der Waals surface area contributed by atoms with Gasteiger partial charge in [0.05, 0.1) is 22.4 Å². The first-order valence-electron chi connectivity index (χ1n) is 12.0. The van der Waals surface area contributed by atoms with Crippen molar-refractivity contribution >= 4 is 34.0 Å². The molecule has 0 radical (unpaired) electrons. The van der Waals surface area contributed by atoms with Crippen LogP contribution in [0.4, 0.5) is 0 Å². The van der Waals surface area contributed by atoms with Gasteiger partial charge in [-0.2, -0.15) is 19.7 Å². The Morgan fingerprint density at radius 3 is 2.44 bits per heavy atom. The van der Waals surface area contributed by atoms with Crippen molar-refractivity contribution < 1.29 is 4.74 Å². The van der Waals surface area contributed by atoms with Crippen molar-refractivity contribution in [3.63, 3.8) is 0 Å². The highest BCUT2D eigenvalue weighted by Crippen LogP contribution is 2.32. The standard InChI is InChI=1S/C29H20ClN5O3S/c1-38-24-13-12-19(15-22(24)30)26-20(17-34(33-26)21-10-6-3-7-11-21)16-25-28(37)35-29(39-25)31-27(36)23(32-35)14-18-8-4-2-5-9-18/h2-13,15-17H,14H2,1H3/b25-16-. The highest BCUT2D eigenvalue weighted by atomic mass is 35.5. The van der Waals surface area contributed by atoms with Gasteiger partial charge in [-0.05, 0) is 42.0 Å². The molecule has 10 heteroatoms. The van der Waals surface area contributed by atoms with Crippen LogP contribution < -0.4 is 20.4 Å². The van der Waals surface area contributed by atoms with Gasteiger partial charge in [0, 0.05) is 23.7 Å². The summed E-state index contributed by atoms with van der Waals surface area (Å²) in [5.41, 5.74) is 3.25. The van der Waals surface area contributed by atoms with Crippen molar-refractivity contribution in [2.45, 2.75) is 6.42 Å². The van der Waals surface area contributed by atoms with Crippen LogP contribution in [0.15, 0.2) is 94.6 Å². The molecule has 192 valence electrons. The van der Waals surface area contributed by atoms with E-state index in [1.807, 2.05) is 72.9 Å². The number of thiazole rings is 1. The van der Waals surface area contributed by atoms with Crippen LogP contribution in [0.5, 0.6) is 5.75 Å². The fourth-order valence-electron chi connectivity index (χ4n) is 4.23. The molecule has 0 N–H and O–H groups in total. The zero-order valence-corrected chi connectivity index (χ0v) is 22.2. The Labute approximate surface area is 231 Å². The molecule has 0 saturated carbocycles. The van der Waals surface area contributed by atoms with Crippen LogP contribution in [-0.4, -0.2) is 31.5 Å². The average molecular weight is 554 g/mol. The maximum Gasteiger partial charge on any atom is 0.296 e. The molecule has 39 heavy (non-hydrogen) atoms. The van der Waals surface area contributed by atoms with E-state index >= 15 is 0 Å². The average Bonchev–Trinajstić information content (AvgIpc) is 3.51. The molecule has 6 aromatic rings. The number of ether oxygens (including phenoxy) is 1. The minimum atomic E-state index is -0.447. The molecule has 0 fully saturated rings. The predicted molar refractivity (Wildman–Crippen MR) is 152 cm³/mol. The zero-order valence-electron chi connectivity index (χ0n) is 20.6. The largest absolute Gasteiger partial charge is 0.495 e. The Morgan fingerprint density at radius 2 is 1.72 bits per heavy atom. The molecule has 0 spiro atoms. The predicted octanol–water partition coefficient (Wildman–Crippen LogP) is 4.16. The maximum absolute atomic E-state index is 13.4. The Hall–Kier alpha value is -4.60. The van der Waals surface area contributed by atoms with E-state index in [-0.39, 0.29) is 22.6 Å². The fourth-order valence-corrected chi connectivity index (χ4v) is 5.38. The number of para-hydroxylation sites is 1. The number of benzene rings is 3. The van der Waals surface area contributed by atoms with E-state index in [1.54, 1.807) is 30.0 Å². The summed E-state index contributed by atoms with van der Waals surface area (Å²) in [6, 6.07) is 24.5. The van der Waals surface area contributed by atoms with Gasteiger partial charge in [-0.3, -0.25) is 9.59 Å². The highest BCUT2D eigenvalue weighted by molar-refractivity contribution is 7.15. The molecule has 3 aromatic heterocycles. The van der Waals surface area contributed by atoms with E-state index in [4.69, 9.17) is 21.4 Å². The van der Waals surface area contributed by atoms with Gasteiger partial charge in [-0.1, -0.05) is 71.5 Å². The number of halogens is 1. The van der Waals surface area contributed by atoms with E-state index in [2.05, 4.69) is 10.1 Å². The van der Waals surface area contributed by atoms with Crippen LogP contribution in [0, 0.1) is 0 Å². The van der Waals surface area contributed by atoms with Gasteiger partial charge in [-0.25, -0.2) is 4.68 Å². The third-order valence-corrected chi connectivity index (χ3v) is 7.39. The molecular formula is C29H20ClN5O3S. The minimum Gasteiger partial charge on any atom is -0.495 e. The second-order valence-electron chi connectivity index (χ2n) is 8.70. The number of fused-ring (bicyclic) bond motifs is 1. The van der Waals surface area contributed by atoms with E-state index < -0.39 is 5.56 Å². The number of aromatic nitrogens is 5. The lowest BCUT2D eigenvalue weighted by molar-refractivity contribution is 0.415. The SMILES string of the molecule is COc1ccc(-c2nn(-c3ccccc3)cc2/C=c2\sc3nc(=O)c(Cc4ccccc4)nn3c2=O)cc1Cl. The summed E-state index contributed by atoms with van der Waals surface area (Å²) in [7, 11) is 1.56. The van der Waals surface area contributed by atoms with Crippen molar-refractivity contribution in [2.75, 3.05) is 7.11 Å². The molecule has 0 amide bonds. The molecule has 8 nitrogen and oxygen atoms in total. The van der Waals surface area contributed by atoms with Gasteiger partial charge in [0.2, 0.25) is 4.96 Å². The first kappa shape index (κ1) is 24.7. The number of nitrogens with zero attached hydrogens (tertiary/aromatic N) is 5. The molecule has 0 atom stereocenters. The Bertz CT molecular complexity index is 1990. The van der Waals surface area contributed by atoms with Crippen LogP contribution >= 0.6 is 22.9 Å². The van der Waals surface area contributed by atoms with Gasteiger partial charge >= 0.3 is 0 Å². The first-order chi connectivity index (χ1) is 19.0. The Balaban J connectivity index is 1.50. The summed E-state index contributed by atoms with van der Waals surface area (Å²) in [5, 5.41) is 9.61. The number of hydrogen-bond donors (Lipinski definition) is 0. The number of rotatable bonds is 6. The summed E-state index contributed by atoms with van der Waals surface area (Å²) in [6.45, 7) is 0. The van der Waals surface area contributed by atoms with E-state index in [0.29, 0.717) is 26.6 Å². The summed E-state index contributed by atoms with van der Waals surface area (Å²) in [4.78, 5) is 30.4. The van der Waals surface area contributed by atoms with Crippen molar-refractivity contribution in [3.8, 4) is 22.7 Å². The third kappa shape index (κ3) is 4.85. The van der Waals surface area contributed by atoms with Gasteiger partial charge in [0.25, 0.3) is 11.1 Å². The molecule has 0 aliphatic heterocycles. The summed E-state index contributed by atoms with van der Waals surface area (Å²) in [5.74, 6) is 0.549. The van der Waals surface area contributed by atoms with Crippen molar-refractivity contribution in [1.82, 2.24) is 24.4 Å². The molecule has 3 heterocycles. The molecule has 0 aliphatic carbocycles. The molecule has 3 aromatic carbocycles. The first-order valence-corrected chi connectivity index (χ1v) is 13.2. The van der Waals surface area contributed by atoms with Crippen LogP contribution in [0.1, 0.15) is 16.8 Å². The third-order valence-electron chi connectivity index (χ3n) is 6.14. The fraction of sp³-hybridized carbons (Fsp3) is 0.0690. The maximum atomic E-state index is 13.4. The number of hydrogen-bond acceptors (Lipinski definition) is 7. The zero-order chi connectivity index (χ0) is 26.9. The van der Waals surface area contributed by atoms with Crippen molar-refractivity contribution in [3.05, 3.63) is 132 Å². The molecule has 0 saturated heterocycles. The quantitative estimate of drug-likeness (QED) is 0.307. The van der Waals surface area contributed by atoms with E-state index in [0.717, 1.165) is 28.2 Å². The topological polar surface area (TPSA) is 91.4 Å². The van der Waals surface area contributed by atoms with Crippen molar-refractivity contribution in [1.29, 1.82) is 0 Å². The second-order valence-corrected chi connectivity index (χ2v) is 10.1. The van der Waals surface area contributed by atoms with Gasteiger partial charge in [0.15, 0.2) is 0 Å². The summed E-state index contributed by atoms with van der Waals surface area (Å²) >= 11 is 7.52. The summed E-state index contributed by atoms with van der Waals surface area (Å²) in [6.07, 6.45) is 3.87. The number of methoxy groups -OCH3 is 1. The monoisotopic (exact) mass is 553 g/mol. The van der Waals surface area contributed by atoms with Gasteiger partial charge in [0.1, 0.15) is 17.1 Å². The van der Waals surface area contributed by atoms with E-state index in [9.17, 15) is 9.59 Å². The lowest BCUT2D eigenvalue weighted by Crippen LogP contribution is -2.28. The second kappa shape index (κ2) is 10.3. The van der Waals surface area contributed by atoms with Crippen LogP contribution in [0.2, 0.25) is 5.02 Å². The molecule has 0 aliphatic rings. The summed E-state index contributed by atoms with van der Waals surface area (Å²) < 4.78 is 8.61. The Kier molecular flexibility index (Phi) is 6.52. The van der Waals surface area contributed by atoms with Crippen LogP contribution in [-0.2, 0) is 6.42 Å². The molecule has 0 bridgehead atoms. The van der Waals surface area contributed by atoms with Gasteiger partial charge < -0.3 is 4.74 Å². The lowest BCUT2D eigenvalue weighted by atomic mass is 10.1. The Morgan fingerprint density at radius 1 is 0.974 bits per heavy atom. The van der Waals surface area contributed by atoms with Crippen LogP contribution in [0.25, 0.3) is 28.0 Å². The molecule has 0 unspecified atom stereocenters. The smallest absolute Gasteiger partial charge is 0.296 e. The highest BCUT2D eigenvalue weighted by Gasteiger charge is 2.16. The van der Waals surface area contributed by atoms with E-state index in [1.165, 1.54) is 4.52 Å². The normalized spacial score (nSPS) is 11.8. The minimum absolute atomic E-state index is 0.214. The lowest BCUT2D eigenvalue weighted by Gasteiger charge is -2.05. The molecule has 6 rings (SSSR count).